The lowest BCUT2D eigenvalue weighted by Gasteiger charge is -2.31. The van der Waals surface area contributed by atoms with Gasteiger partial charge in [0.05, 0.1) is 5.60 Å². The van der Waals surface area contributed by atoms with Gasteiger partial charge >= 0.3 is 5.97 Å². The van der Waals surface area contributed by atoms with Gasteiger partial charge in [-0.3, -0.25) is 4.79 Å². The fourth-order valence-corrected chi connectivity index (χ4v) is 2.69. The molecule has 0 aromatic heterocycles. The maximum absolute atomic E-state index is 11.4. The van der Waals surface area contributed by atoms with Crippen LogP contribution in [0.5, 0.6) is 0 Å². The Morgan fingerprint density at radius 2 is 2.18 bits per heavy atom. The highest BCUT2D eigenvalue weighted by molar-refractivity contribution is 5.79. The summed E-state index contributed by atoms with van der Waals surface area (Å²) in [7, 11) is 1.75. The number of carbonyl (C=O) groups is 1. The van der Waals surface area contributed by atoms with E-state index < -0.39 is 11.5 Å². The molecule has 4 heteroatoms. The quantitative estimate of drug-likeness (QED) is 0.775. The van der Waals surface area contributed by atoms with Gasteiger partial charge < -0.3 is 15.2 Å². The molecule has 0 aromatic rings. The second kappa shape index (κ2) is 5.36. The van der Waals surface area contributed by atoms with Crippen molar-refractivity contribution in [3.63, 3.8) is 0 Å². The van der Waals surface area contributed by atoms with E-state index in [2.05, 4.69) is 5.32 Å². The van der Waals surface area contributed by atoms with E-state index in [4.69, 9.17) is 4.74 Å². The van der Waals surface area contributed by atoms with Gasteiger partial charge in [0.2, 0.25) is 0 Å². The van der Waals surface area contributed by atoms with Crippen LogP contribution in [0.3, 0.4) is 0 Å². The first-order valence-electron chi connectivity index (χ1n) is 6.38. The molecule has 2 atom stereocenters. The summed E-state index contributed by atoms with van der Waals surface area (Å²) in [5, 5.41) is 12.4. The second-order valence-corrected chi connectivity index (χ2v) is 5.87. The lowest BCUT2D eigenvalue weighted by molar-refractivity contribution is -0.146. The largest absolute Gasteiger partial charge is 0.480 e. The van der Waals surface area contributed by atoms with E-state index in [0.29, 0.717) is 6.61 Å². The molecule has 1 fully saturated rings. The summed E-state index contributed by atoms with van der Waals surface area (Å²) in [5.41, 5.74) is -0.884. The van der Waals surface area contributed by atoms with Gasteiger partial charge in [0.1, 0.15) is 5.54 Å². The number of nitrogens with one attached hydrogen (secondary N) is 1. The van der Waals surface area contributed by atoms with Crippen LogP contribution in [0.25, 0.3) is 0 Å². The van der Waals surface area contributed by atoms with Crippen LogP contribution in [0.2, 0.25) is 0 Å². The van der Waals surface area contributed by atoms with Gasteiger partial charge in [0.25, 0.3) is 0 Å². The SMILES string of the molecule is CNC1(C(=O)O)CCCC1CCOC(C)(C)C. The lowest BCUT2D eigenvalue weighted by Crippen LogP contribution is -2.53. The maximum atomic E-state index is 11.4. The molecule has 0 aliphatic heterocycles. The van der Waals surface area contributed by atoms with E-state index in [1.54, 1.807) is 7.05 Å². The molecule has 0 aromatic carbocycles. The van der Waals surface area contributed by atoms with E-state index in [-0.39, 0.29) is 11.5 Å². The van der Waals surface area contributed by atoms with Crippen LogP contribution in [-0.4, -0.2) is 35.9 Å². The van der Waals surface area contributed by atoms with Crippen molar-refractivity contribution in [1.82, 2.24) is 5.32 Å². The summed E-state index contributed by atoms with van der Waals surface area (Å²) in [6.07, 6.45) is 3.48. The first-order chi connectivity index (χ1) is 7.82. The van der Waals surface area contributed by atoms with Gasteiger partial charge in [-0.15, -0.1) is 0 Å². The van der Waals surface area contributed by atoms with Crippen LogP contribution in [0.4, 0.5) is 0 Å². The highest BCUT2D eigenvalue weighted by atomic mass is 16.5. The standard InChI is InChI=1S/C13H25NO3/c1-12(2,3)17-9-7-10-6-5-8-13(10,14-4)11(15)16/h10,14H,5-9H2,1-4H3,(H,15,16). The zero-order valence-corrected chi connectivity index (χ0v) is 11.4. The highest BCUT2D eigenvalue weighted by Gasteiger charge is 2.47. The number of carboxylic acid groups (broad SMARTS) is 1. The molecule has 0 saturated heterocycles. The third kappa shape index (κ3) is 3.42. The average molecular weight is 243 g/mol. The molecule has 100 valence electrons. The van der Waals surface area contributed by atoms with Crippen molar-refractivity contribution in [2.75, 3.05) is 13.7 Å². The normalized spacial score (nSPS) is 29.5. The Hall–Kier alpha value is -0.610. The van der Waals surface area contributed by atoms with Gasteiger partial charge in [-0.25, -0.2) is 0 Å². The van der Waals surface area contributed by atoms with Gasteiger partial charge in [-0.1, -0.05) is 6.42 Å². The van der Waals surface area contributed by atoms with E-state index >= 15 is 0 Å². The number of carboxylic acids is 1. The Labute approximate surface area is 104 Å². The molecule has 1 aliphatic rings. The van der Waals surface area contributed by atoms with Crippen LogP contribution in [-0.2, 0) is 9.53 Å². The molecular weight excluding hydrogens is 218 g/mol. The summed E-state index contributed by atoms with van der Waals surface area (Å²) >= 11 is 0. The molecule has 0 radical (unpaired) electrons. The van der Waals surface area contributed by atoms with Crippen molar-refractivity contribution in [2.45, 2.75) is 57.6 Å². The Morgan fingerprint density at radius 3 is 2.65 bits per heavy atom. The molecule has 2 unspecified atom stereocenters. The van der Waals surface area contributed by atoms with Crippen LogP contribution in [0, 0.1) is 5.92 Å². The molecule has 0 spiro atoms. The van der Waals surface area contributed by atoms with Crippen molar-refractivity contribution < 1.29 is 14.6 Å². The Morgan fingerprint density at radius 1 is 1.53 bits per heavy atom. The molecule has 0 heterocycles. The van der Waals surface area contributed by atoms with Crippen LogP contribution in [0.1, 0.15) is 46.5 Å². The Bertz CT molecular complexity index is 272. The zero-order valence-electron chi connectivity index (χ0n) is 11.4. The number of aliphatic carboxylic acids is 1. The van der Waals surface area contributed by atoms with E-state index in [0.717, 1.165) is 25.7 Å². The lowest BCUT2D eigenvalue weighted by atomic mass is 9.85. The van der Waals surface area contributed by atoms with Crippen LogP contribution >= 0.6 is 0 Å². The molecule has 17 heavy (non-hydrogen) atoms. The fraction of sp³-hybridized carbons (Fsp3) is 0.923. The van der Waals surface area contributed by atoms with Gasteiger partial charge in [-0.2, -0.15) is 0 Å². The third-order valence-corrected chi connectivity index (χ3v) is 3.65. The van der Waals surface area contributed by atoms with Gasteiger partial charge in [-0.05, 0) is 53.0 Å². The highest BCUT2D eigenvalue weighted by Crippen LogP contribution is 2.38. The summed E-state index contributed by atoms with van der Waals surface area (Å²) in [6, 6.07) is 0. The Kier molecular flexibility index (Phi) is 4.55. The first-order valence-corrected chi connectivity index (χ1v) is 6.38. The topological polar surface area (TPSA) is 58.6 Å². The Balaban J connectivity index is 2.55. The maximum Gasteiger partial charge on any atom is 0.324 e. The zero-order chi connectivity index (χ0) is 13.1. The smallest absolute Gasteiger partial charge is 0.324 e. The van der Waals surface area contributed by atoms with Gasteiger partial charge in [0, 0.05) is 6.61 Å². The fourth-order valence-electron chi connectivity index (χ4n) is 2.69. The number of rotatable bonds is 5. The first kappa shape index (κ1) is 14.5. The molecule has 1 aliphatic carbocycles. The number of ether oxygens (including phenoxy) is 1. The number of likely N-dealkylation sites (N-methyl/N-ethyl adjacent to an activating group) is 1. The van der Waals surface area contributed by atoms with Crippen molar-refractivity contribution in [3.05, 3.63) is 0 Å². The van der Waals surface area contributed by atoms with E-state index in [1.165, 1.54) is 0 Å². The summed E-state index contributed by atoms with van der Waals surface area (Å²) in [4.78, 5) is 11.4. The number of hydrogen-bond donors (Lipinski definition) is 2. The van der Waals surface area contributed by atoms with Crippen molar-refractivity contribution in [2.24, 2.45) is 5.92 Å². The third-order valence-electron chi connectivity index (χ3n) is 3.65. The second-order valence-electron chi connectivity index (χ2n) is 5.87. The molecular formula is C13H25NO3. The molecule has 0 bridgehead atoms. The van der Waals surface area contributed by atoms with Crippen molar-refractivity contribution in [1.29, 1.82) is 0 Å². The van der Waals surface area contributed by atoms with Crippen LogP contribution < -0.4 is 5.32 Å². The van der Waals surface area contributed by atoms with Crippen molar-refractivity contribution >= 4 is 5.97 Å². The predicted molar refractivity (Wildman–Crippen MR) is 67.1 cm³/mol. The monoisotopic (exact) mass is 243 g/mol. The van der Waals surface area contributed by atoms with Crippen molar-refractivity contribution in [3.8, 4) is 0 Å². The average Bonchev–Trinajstić information content (AvgIpc) is 2.60. The van der Waals surface area contributed by atoms with E-state index in [1.807, 2.05) is 20.8 Å². The van der Waals surface area contributed by atoms with Gasteiger partial charge in [0.15, 0.2) is 0 Å². The minimum absolute atomic E-state index is 0.149. The molecule has 0 amide bonds. The molecule has 2 N–H and O–H groups in total. The molecule has 1 saturated carbocycles. The molecule has 4 nitrogen and oxygen atoms in total. The molecule has 1 rings (SSSR count). The summed E-state index contributed by atoms with van der Waals surface area (Å²) in [5.74, 6) is -0.550. The summed E-state index contributed by atoms with van der Waals surface area (Å²) < 4.78 is 5.69. The summed E-state index contributed by atoms with van der Waals surface area (Å²) in [6.45, 7) is 6.68. The minimum Gasteiger partial charge on any atom is -0.480 e. The van der Waals surface area contributed by atoms with E-state index in [9.17, 15) is 9.90 Å². The predicted octanol–water partition coefficient (Wildman–Crippen LogP) is 2.03. The van der Waals surface area contributed by atoms with Crippen LogP contribution in [0.15, 0.2) is 0 Å². The number of hydrogen-bond acceptors (Lipinski definition) is 3. The minimum atomic E-state index is -0.735.